The van der Waals surface area contributed by atoms with Crippen LogP contribution in [0.25, 0.3) is 11.0 Å². The van der Waals surface area contributed by atoms with Crippen LogP contribution in [-0.2, 0) is 11.2 Å². The SMILES string of the molecule is COCCC(C)n1c(CCCl)nc2cc(F)c(Br)cc21. The van der Waals surface area contributed by atoms with Gasteiger partial charge in [-0.15, -0.1) is 11.6 Å². The Balaban J connectivity index is 2.52. The van der Waals surface area contributed by atoms with Gasteiger partial charge in [-0.25, -0.2) is 9.37 Å². The minimum absolute atomic E-state index is 0.218. The number of nitrogens with zero attached hydrogens (tertiary/aromatic N) is 2. The van der Waals surface area contributed by atoms with E-state index < -0.39 is 0 Å². The molecule has 0 fully saturated rings. The van der Waals surface area contributed by atoms with Crippen LogP contribution < -0.4 is 0 Å². The number of imidazole rings is 1. The minimum Gasteiger partial charge on any atom is -0.385 e. The maximum Gasteiger partial charge on any atom is 0.139 e. The zero-order valence-corrected chi connectivity index (χ0v) is 13.8. The van der Waals surface area contributed by atoms with Crippen molar-refractivity contribution in [3.63, 3.8) is 0 Å². The molecule has 0 aliphatic carbocycles. The highest BCUT2D eigenvalue weighted by Gasteiger charge is 2.17. The molecule has 0 spiro atoms. The predicted octanol–water partition coefficient (Wildman–Crippen LogP) is 4.32. The van der Waals surface area contributed by atoms with Gasteiger partial charge in [0.05, 0.1) is 15.5 Å². The normalized spacial score (nSPS) is 13.1. The second-order valence-electron chi connectivity index (χ2n) is 4.72. The van der Waals surface area contributed by atoms with E-state index in [1.54, 1.807) is 13.2 Å². The molecule has 0 aliphatic heterocycles. The van der Waals surface area contributed by atoms with Crippen molar-refractivity contribution in [1.82, 2.24) is 9.55 Å². The number of benzene rings is 1. The summed E-state index contributed by atoms with van der Waals surface area (Å²) < 4.78 is 21.3. The second-order valence-corrected chi connectivity index (χ2v) is 5.95. The summed E-state index contributed by atoms with van der Waals surface area (Å²) in [5.41, 5.74) is 1.58. The first-order chi connectivity index (χ1) is 9.58. The average molecular weight is 364 g/mol. The van der Waals surface area contributed by atoms with Crippen LogP contribution in [0.5, 0.6) is 0 Å². The van der Waals surface area contributed by atoms with E-state index in [1.807, 2.05) is 0 Å². The summed E-state index contributed by atoms with van der Waals surface area (Å²) in [6.45, 7) is 2.78. The van der Waals surface area contributed by atoms with Crippen LogP contribution in [0.2, 0.25) is 0 Å². The van der Waals surface area contributed by atoms with Crippen LogP contribution in [-0.4, -0.2) is 29.1 Å². The van der Waals surface area contributed by atoms with Crippen molar-refractivity contribution in [2.75, 3.05) is 19.6 Å². The van der Waals surface area contributed by atoms with Crippen LogP contribution >= 0.6 is 27.5 Å². The molecule has 1 atom stereocenters. The second kappa shape index (κ2) is 6.87. The van der Waals surface area contributed by atoms with E-state index in [-0.39, 0.29) is 11.9 Å². The van der Waals surface area contributed by atoms with Gasteiger partial charge in [-0.05, 0) is 35.3 Å². The van der Waals surface area contributed by atoms with E-state index in [0.29, 0.717) is 28.9 Å². The van der Waals surface area contributed by atoms with E-state index in [0.717, 1.165) is 17.8 Å². The molecule has 2 aromatic rings. The van der Waals surface area contributed by atoms with Gasteiger partial charge in [-0.1, -0.05) is 0 Å². The Bertz CT molecular complexity index is 602. The van der Waals surface area contributed by atoms with Crippen molar-refractivity contribution in [2.45, 2.75) is 25.8 Å². The molecule has 2 rings (SSSR count). The molecule has 0 saturated heterocycles. The Morgan fingerprint density at radius 2 is 2.25 bits per heavy atom. The van der Waals surface area contributed by atoms with E-state index in [2.05, 4.69) is 32.4 Å². The van der Waals surface area contributed by atoms with Gasteiger partial charge in [0.15, 0.2) is 0 Å². The van der Waals surface area contributed by atoms with Gasteiger partial charge in [0.25, 0.3) is 0 Å². The number of fused-ring (bicyclic) bond motifs is 1. The molecule has 0 radical (unpaired) electrons. The summed E-state index contributed by atoms with van der Waals surface area (Å²) in [5, 5.41) is 0. The summed E-state index contributed by atoms with van der Waals surface area (Å²) >= 11 is 9.08. The highest BCUT2D eigenvalue weighted by atomic mass is 79.9. The molecule has 0 saturated carbocycles. The first kappa shape index (κ1) is 15.7. The topological polar surface area (TPSA) is 27.1 Å². The summed E-state index contributed by atoms with van der Waals surface area (Å²) in [7, 11) is 1.68. The molecule has 0 amide bonds. The van der Waals surface area contributed by atoms with Crippen LogP contribution in [0, 0.1) is 5.82 Å². The average Bonchev–Trinajstić information content (AvgIpc) is 2.74. The number of hydrogen-bond donors (Lipinski definition) is 0. The fourth-order valence-corrected chi connectivity index (χ4v) is 2.81. The van der Waals surface area contributed by atoms with E-state index >= 15 is 0 Å². The summed E-state index contributed by atoms with van der Waals surface area (Å²) in [5.74, 6) is 1.07. The third kappa shape index (κ3) is 3.15. The number of halogens is 3. The van der Waals surface area contributed by atoms with Crippen LogP contribution in [0.4, 0.5) is 4.39 Å². The summed E-state index contributed by atoms with van der Waals surface area (Å²) in [6, 6.07) is 3.45. The number of hydrogen-bond acceptors (Lipinski definition) is 2. The number of aryl methyl sites for hydroxylation is 1. The zero-order valence-electron chi connectivity index (χ0n) is 11.5. The number of ether oxygens (including phenoxy) is 1. The van der Waals surface area contributed by atoms with Gasteiger partial charge in [0, 0.05) is 38.1 Å². The minimum atomic E-state index is -0.302. The van der Waals surface area contributed by atoms with Gasteiger partial charge < -0.3 is 9.30 Å². The molecular formula is C14H17BrClFN2O. The lowest BCUT2D eigenvalue weighted by Gasteiger charge is -2.17. The lowest BCUT2D eigenvalue weighted by molar-refractivity contribution is 0.181. The van der Waals surface area contributed by atoms with E-state index in [1.165, 1.54) is 6.07 Å². The third-order valence-corrected chi connectivity index (χ3v) is 4.10. The van der Waals surface area contributed by atoms with Crippen molar-refractivity contribution >= 4 is 38.6 Å². The monoisotopic (exact) mass is 362 g/mol. The molecule has 20 heavy (non-hydrogen) atoms. The Morgan fingerprint density at radius 3 is 2.90 bits per heavy atom. The molecule has 6 heteroatoms. The van der Waals surface area contributed by atoms with Crippen molar-refractivity contribution in [3.05, 3.63) is 28.2 Å². The fraction of sp³-hybridized carbons (Fsp3) is 0.500. The quantitative estimate of drug-likeness (QED) is 0.715. The molecule has 3 nitrogen and oxygen atoms in total. The van der Waals surface area contributed by atoms with Gasteiger partial charge in [-0.2, -0.15) is 0 Å². The lowest BCUT2D eigenvalue weighted by Crippen LogP contribution is -2.12. The Morgan fingerprint density at radius 1 is 1.50 bits per heavy atom. The number of methoxy groups -OCH3 is 1. The molecule has 1 heterocycles. The lowest BCUT2D eigenvalue weighted by atomic mass is 10.2. The van der Waals surface area contributed by atoms with Crippen LogP contribution in [0.1, 0.15) is 25.2 Å². The van der Waals surface area contributed by atoms with Gasteiger partial charge in [0.2, 0.25) is 0 Å². The number of aromatic nitrogens is 2. The third-order valence-electron chi connectivity index (χ3n) is 3.30. The molecule has 0 aliphatic rings. The van der Waals surface area contributed by atoms with Crippen molar-refractivity contribution in [2.24, 2.45) is 0 Å². The molecular weight excluding hydrogens is 347 g/mol. The fourth-order valence-electron chi connectivity index (χ4n) is 2.31. The molecule has 1 unspecified atom stereocenters. The van der Waals surface area contributed by atoms with Crippen molar-refractivity contribution in [1.29, 1.82) is 0 Å². The molecule has 0 N–H and O–H groups in total. The van der Waals surface area contributed by atoms with E-state index in [9.17, 15) is 4.39 Å². The molecule has 1 aromatic carbocycles. The Labute approximate surface area is 131 Å². The highest BCUT2D eigenvalue weighted by Crippen LogP contribution is 2.28. The first-order valence-corrected chi connectivity index (χ1v) is 7.82. The highest BCUT2D eigenvalue weighted by molar-refractivity contribution is 9.10. The van der Waals surface area contributed by atoms with Gasteiger partial charge in [-0.3, -0.25) is 0 Å². The number of rotatable bonds is 6. The largest absolute Gasteiger partial charge is 0.385 e. The summed E-state index contributed by atoms with van der Waals surface area (Å²) in [4.78, 5) is 4.51. The van der Waals surface area contributed by atoms with E-state index in [4.69, 9.17) is 16.3 Å². The Hall–Kier alpha value is -0.650. The maximum atomic E-state index is 13.6. The van der Waals surface area contributed by atoms with Crippen LogP contribution in [0.15, 0.2) is 16.6 Å². The van der Waals surface area contributed by atoms with Crippen molar-refractivity contribution in [3.8, 4) is 0 Å². The van der Waals surface area contributed by atoms with Crippen molar-refractivity contribution < 1.29 is 9.13 Å². The first-order valence-electron chi connectivity index (χ1n) is 6.49. The number of alkyl halides is 1. The summed E-state index contributed by atoms with van der Waals surface area (Å²) in [6.07, 6.45) is 1.53. The molecule has 1 aromatic heterocycles. The predicted molar refractivity (Wildman–Crippen MR) is 83.0 cm³/mol. The molecule has 110 valence electrons. The zero-order chi connectivity index (χ0) is 14.7. The molecule has 0 bridgehead atoms. The Kier molecular flexibility index (Phi) is 5.41. The smallest absolute Gasteiger partial charge is 0.139 e. The van der Waals surface area contributed by atoms with Gasteiger partial charge >= 0.3 is 0 Å². The van der Waals surface area contributed by atoms with Crippen LogP contribution in [0.3, 0.4) is 0 Å². The standard InChI is InChI=1S/C14H17BrClFN2O/c1-9(4-6-20-2)19-13-7-10(15)11(17)8-12(13)18-14(19)3-5-16/h7-9H,3-6H2,1-2H3. The van der Waals surface area contributed by atoms with Gasteiger partial charge in [0.1, 0.15) is 11.6 Å². The maximum absolute atomic E-state index is 13.6.